The molecule has 0 saturated heterocycles. The molecule has 0 unspecified atom stereocenters. The largest absolute Gasteiger partial charge is 0.351 e. The summed E-state index contributed by atoms with van der Waals surface area (Å²) in [6.07, 6.45) is 7.03. The number of carbonyl (C=O) groups excluding carboxylic acids is 2. The zero-order chi connectivity index (χ0) is 26.5. The summed E-state index contributed by atoms with van der Waals surface area (Å²) in [4.78, 5) is 34.2. The van der Waals surface area contributed by atoms with Gasteiger partial charge in [0.05, 0.1) is 0 Å². The molecule has 2 aromatic carbocycles. The van der Waals surface area contributed by atoms with Gasteiger partial charge in [0, 0.05) is 29.7 Å². The van der Waals surface area contributed by atoms with Gasteiger partial charge in [-0.15, -0.1) is 10.2 Å². The lowest BCUT2D eigenvalue weighted by Crippen LogP contribution is -2.47. The van der Waals surface area contributed by atoms with Gasteiger partial charge >= 0.3 is 0 Å². The summed E-state index contributed by atoms with van der Waals surface area (Å²) in [7, 11) is 0. The second-order valence-corrected chi connectivity index (χ2v) is 9.42. The molecular formula is C28H28FN7O2. The van der Waals surface area contributed by atoms with E-state index in [1.165, 1.54) is 34.0 Å². The number of anilines is 1. The monoisotopic (exact) mass is 513 g/mol. The van der Waals surface area contributed by atoms with Gasteiger partial charge in [0.1, 0.15) is 18.4 Å². The first-order valence-corrected chi connectivity index (χ1v) is 12.6. The van der Waals surface area contributed by atoms with Crippen molar-refractivity contribution in [3.63, 3.8) is 0 Å². The molecule has 1 aliphatic rings. The van der Waals surface area contributed by atoms with Crippen molar-refractivity contribution in [1.29, 1.82) is 0 Å². The number of nitrogens with zero attached hydrogens (tertiary/aromatic N) is 6. The third-order valence-corrected chi connectivity index (χ3v) is 6.64. The Bertz CT molecular complexity index is 1380. The smallest absolute Gasteiger partial charge is 0.251 e. The van der Waals surface area contributed by atoms with Crippen molar-refractivity contribution in [3.05, 3.63) is 90.0 Å². The van der Waals surface area contributed by atoms with Gasteiger partial charge in [-0.25, -0.2) is 4.39 Å². The Morgan fingerprint density at radius 1 is 1.03 bits per heavy atom. The van der Waals surface area contributed by atoms with Crippen LogP contribution in [0.25, 0.3) is 11.4 Å². The fraction of sp³-hybridized carbons (Fsp3) is 0.286. The maximum Gasteiger partial charge on any atom is 0.251 e. The molecule has 1 N–H and O–H groups in total. The van der Waals surface area contributed by atoms with Crippen molar-refractivity contribution >= 4 is 17.5 Å². The molecule has 1 atom stereocenters. The molecule has 5 rings (SSSR count). The molecule has 2 amide bonds. The van der Waals surface area contributed by atoms with Crippen molar-refractivity contribution < 1.29 is 14.0 Å². The van der Waals surface area contributed by atoms with Crippen molar-refractivity contribution in [2.45, 2.75) is 51.2 Å². The minimum Gasteiger partial charge on any atom is -0.351 e. The number of nitrogens with one attached hydrogen (secondary N) is 1. The second kappa shape index (κ2) is 11.3. The van der Waals surface area contributed by atoms with Gasteiger partial charge in [0.25, 0.3) is 5.91 Å². The standard InChI is InChI=1S/C28H28FN7O2/c1-19-6-8-21(9-7-19)27-32-34-35(33-27)18-25(37)36(24-12-10-22(29)11-13-24)26(20-14-16-30-17-15-20)28(38)31-23-4-2-3-5-23/h6-17,23,26H,2-5,18H2,1H3,(H,31,38)/t26-/m1/s1. The van der Waals surface area contributed by atoms with Crippen molar-refractivity contribution in [3.8, 4) is 11.4 Å². The minimum atomic E-state index is -1.00. The fourth-order valence-electron chi connectivity index (χ4n) is 4.68. The number of pyridine rings is 1. The molecule has 1 fully saturated rings. The first-order valence-electron chi connectivity index (χ1n) is 12.6. The summed E-state index contributed by atoms with van der Waals surface area (Å²) in [5.74, 6) is -0.825. The number of rotatable bonds is 8. The van der Waals surface area contributed by atoms with Crippen LogP contribution in [0.5, 0.6) is 0 Å². The van der Waals surface area contributed by atoms with Crippen LogP contribution in [0.3, 0.4) is 0 Å². The highest BCUT2D eigenvalue weighted by Gasteiger charge is 2.34. The quantitative estimate of drug-likeness (QED) is 0.382. The van der Waals surface area contributed by atoms with Crippen LogP contribution in [-0.4, -0.2) is 43.0 Å². The Balaban J connectivity index is 1.48. The number of aryl methyl sites for hydroxylation is 1. The Labute approximate surface area is 219 Å². The number of aromatic nitrogens is 5. The third-order valence-electron chi connectivity index (χ3n) is 6.64. The van der Waals surface area contributed by atoms with Crippen molar-refractivity contribution in [1.82, 2.24) is 30.5 Å². The SMILES string of the molecule is Cc1ccc(-c2nnn(CC(=O)N(c3ccc(F)cc3)[C@@H](C(=O)NC3CCCC3)c3ccncc3)n2)cc1. The lowest BCUT2D eigenvalue weighted by molar-refractivity contribution is -0.127. The molecule has 0 aliphatic heterocycles. The number of amides is 2. The number of carbonyl (C=O) groups is 2. The Kier molecular flexibility index (Phi) is 7.48. The highest BCUT2D eigenvalue weighted by molar-refractivity contribution is 6.01. The second-order valence-electron chi connectivity index (χ2n) is 9.42. The summed E-state index contributed by atoms with van der Waals surface area (Å²) in [5, 5.41) is 15.6. The van der Waals surface area contributed by atoms with E-state index in [0.29, 0.717) is 17.1 Å². The number of halogens is 1. The average Bonchev–Trinajstić information content (AvgIpc) is 3.61. The van der Waals surface area contributed by atoms with Gasteiger partial charge in [0.15, 0.2) is 0 Å². The van der Waals surface area contributed by atoms with Gasteiger partial charge < -0.3 is 5.32 Å². The molecule has 10 heteroatoms. The molecule has 1 aliphatic carbocycles. The number of tetrazole rings is 1. The predicted octanol–water partition coefficient (Wildman–Crippen LogP) is 4.02. The highest BCUT2D eigenvalue weighted by atomic mass is 19.1. The van der Waals surface area contributed by atoms with E-state index in [1.54, 1.807) is 24.5 Å². The van der Waals surface area contributed by atoms with Crippen LogP contribution < -0.4 is 10.2 Å². The summed E-state index contributed by atoms with van der Waals surface area (Å²) in [6, 6.07) is 15.6. The molecular weight excluding hydrogens is 485 g/mol. The molecule has 1 saturated carbocycles. The van der Waals surface area contributed by atoms with Crippen LogP contribution in [-0.2, 0) is 16.1 Å². The van der Waals surface area contributed by atoms with Crippen LogP contribution in [0.4, 0.5) is 10.1 Å². The summed E-state index contributed by atoms with van der Waals surface area (Å²) in [6.45, 7) is 1.72. The van der Waals surface area contributed by atoms with Crippen molar-refractivity contribution in [2.75, 3.05) is 4.90 Å². The average molecular weight is 514 g/mol. The van der Waals surface area contributed by atoms with Gasteiger partial charge in [-0.3, -0.25) is 19.5 Å². The summed E-state index contributed by atoms with van der Waals surface area (Å²) < 4.78 is 13.8. The zero-order valence-electron chi connectivity index (χ0n) is 21.0. The van der Waals surface area contributed by atoms with E-state index in [-0.39, 0.29) is 18.5 Å². The van der Waals surface area contributed by atoms with Crippen LogP contribution in [0.2, 0.25) is 0 Å². The predicted molar refractivity (Wildman–Crippen MR) is 139 cm³/mol. The maximum atomic E-state index is 13.9. The zero-order valence-corrected chi connectivity index (χ0v) is 21.0. The Morgan fingerprint density at radius 3 is 2.39 bits per heavy atom. The van der Waals surface area contributed by atoms with Crippen molar-refractivity contribution in [2.24, 2.45) is 0 Å². The van der Waals surface area contributed by atoms with E-state index in [0.717, 1.165) is 36.8 Å². The molecule has 2 heterocycles. The molecule has 0 radical (unpaired) electrons. The lowest BCUT2D eigenvalue weighted by atomic mass is 10.0. The molecule has 194 valence electrons. The van der Waals surface area contributed by atoms with E-state index in [1.807, 2.05) is 31.2 Å². The number of benzene rings is 2. The third kappa shape index (κ3) is 5.74. The molecule has 0 spiro atoms. The first kappa shape index (κ1) is 25.2. The van der Waals surface area contributed by atoms with E-state index in [2.05, 4.69) is 25.7 Å². The van der Waals surface area contributed by atoms with Gasteiger partial charge in [-0.2, -0.15) is 4.80 Å². The van der Waals surface area contributed by atoms with E-state index < -0.39 is 17.8 Å². The molecule has 38 heavy (non-hydrogen) atoms. The fourth-order valence-corrected chi connectivity index (χ4v) is 4.68. The highest BCUT2D eigenvalue weighted by Crippen LogP contribution is 2.29. The van der Waals surface area contributed by atoms with Gasteiger partial charge in [0.2, 0.25) is 11.7 Å². The van der Waals surface area contributed by atoms with Crippen LogP contribution in [0.15, 0.2) is 73.1 Å². The normalized spacial score (nSPS) is 14.3. The summed E-state index contributed by atoms with van der Waals surface area (Å²) >= 11 is 0. The van der Waals surface area contributed by atoms with E-state index >= 15 is 0 Å². The topological polar surface area (TPSA) is 106 Å². The van der Waals surface area contributed by atoms with Gasteiger partial charge in [-0.1, -0.05) is 42.7 Å². The van der Waals surface area contributed by atoms with Crippen LogP contribution in [0.1, 0.15) is 42.9 Å². The van der Waals surface area contributed by atoms with Gasteiger partial charge in [-0.05, 0) is 66.9 Å². The van der Waals surface area contributed by atoms with E-state index in [9.17, 15) is 14.0 Å². The van der Waals surface area contributed by atoms with Crippen LogP contribution >= 0.6 is 0 Å². The minimum absolute atomic E-state index is 0.0473. The van der Waals surface area contributed by atoms with E-state index in [4.69, 9.17) is 0 Å². The maximum absolute atomic E-state index is 13.9. The Morgan fingerprint density at radius 2 is 1.71 bits per heavy atom. The lowest BCUT2D eigenvalue weighted by Gasteiger charge is -2.32. The number of hydrogen-bond donors (Lipinski definition) is 1. The Hall–Kier alpha value is -4.47. The number of hydrogen-bond acceptors (Lipinski definition) is 6. The molecule has 0 bridgehead atoms. The molecule has 4 aromatic rings. The molecule has 9 nitrogen and oxygen atoms in total. The van der Waals surface area contributed by atoms with Crippen LogP contribution in [0, 0.1) is 12.7 Å². The first-order chi connectivity index (χ1) is 18.5. The molecule has 2 aromatic heterocycles. The summed E-state index contributed by atoms with van der Waals surface area (Å²) in [5.41, 5.74) is 2.83.